The summed E-state index contributed by atoms with van der Waals surface area (Å²) in [6, 6.07) is 16.6. The fraction of sp³-hybridized carbons (Fsp3) is 0.273. The molecule has 2 aromatic carbocycles. The van der Waals surface area contributed by atoms with Crippen molar-refractivity contribution in [1.29, 1.82) is 0 Å². The highest BCUT2D eigenvalue weighted by Gasteiger charge is 2.45. The van der Waals surface area contributed by atoms with Gasteiger partial charge in [-0.3, -0.25) is 9.59 Å². The maximum atomic E-state index is 12.9. The Morgan fingerprint density at radius 2 is 1.79 bits per heavy atom. The van der Waals surface area contributed by atoms with E-state index in [1.54, 1.807) is 29.2 Å². The number of piperidine rings is 1. The minimum atomic E-state index is -0.728. The van der Waals surface area contributed by atoms with Gasteiger partial charge in [0, 0.05) is 23.5 Å². The van der Waals surface area contributed by atoms with Gasteiger partial charge in [-0.15, -0.1) is 0 Å². The highest BCUT2D eigenvalue weighted by Crippen LogP contribution is 2.37. The SMILES string of the molecule is COC(=O)C1(c2ccccc2)CCN(C(=O)c2cc3cc(Cl)ccc3o2)CC1. The van der Waals surface area contributed by atoms with E-state index in [1.165, 1.54) is 7.11 Å². The topological polar surface area (TPSA) is 59.8 Å². The number of amides is 1. The second kappa shape index (κ2) is 7.32. The fourth-order valence-electron chi connectivity index (χ4n) is 3.93. The minimum Gasteiger partial charge on any atom is -0.468 e. The fourth-order valence-corrected chi connectivity index (χ4v) is 4.11. The summed E-state index contributed by atoms with van der Waals surface area (Å²) >= 11 is 6.01. The Balaban J connectivity index is 1.56. The van der Waals surface area contributed by atoms with Crippen LogP contribution in [0.3, 0.4) is 0 Å². The molecular formula is C22H20ClNO4. The van der Waals surface area contributed by atoms with Crippen LogP contribution in [0.2, 0.25) is 5.02 Å². The van der Waals surface area contributed by atoms with Crippen molar-refractivity contribution in [2.45, 2.75) is 18.3 Å². The van der Waals surface area contributed by atoms with Crippen LogP contribution in [0.15, 0.2) is 59.0 Å². The van der Waals surface area contributed by atoms with Crippen LogP contribution in [0.4, 0.5) is 0 Å². The molecule has 1 saturated heterocycles. The zero-order valence-electron chi connectivity index (χ0n) is 15.5. The molecule has 144 valence electrons. The summed E-state index contributed by atoms with van der Waals surface area (Å²) < 4.78 is 10.8. The molecule has 3 aromatic rings. The number of carbonyl (C=O) groups excluding carboxylic acids is 2. The van der Waals surface area contributed by atoms with E-state index in [1.807, 2.05) is 30.3 Å². The van der Waals surface area contributed by atoms with Gasteiger partial charge in [0.1, 0.15) is 5.58 Å². The van der Waals surface area contributed by atoms with Gasteiger partial charge >= 0.3 is 5.97 Å². The first kappa shape index (κ1) is 18.6. The van der Waals surface area contributed by atoms with Crippen molar-refractivity contribution in [3.63, 3.8) is 0 Å². The highest BCUT2D eigenvalue weighted by molar-refractivity contribution is 6.31. The first-order valence-corrected chi connectivity index (χ1v) is 9.54. The quantitative estimate of drug-likeness (QED) is 0.613. The van der Waals surface area contributed by atoms with Crippen LogP contribution in [-0.2, 0) is 14.9 Å². The summed E-state index contributed by atoms with van der Waals surface area (Å²) in [5.74, 6) is -0.162. The van der Waals surface area contributed by atoms with Crippen LogP contribution in [0.25, 0.3) is 11.0 Å². The van der Waals surface area contributed by atoms with Gasteiger partial charge in [0.2, 0.25) is 0 Å². The van der Waals surface area contributed by atoms with Gasteiger partial charge in [0.25, 0.3) is 5.91 Å². The largest absolute Gasteiger partial charge is 0.468 e. The normalized spacial score (nSPS) is 16.1. The molecule has 1 fully saturated rings. The number of ether oxygens (including phenoxy) is 1. The van der Waals surface area contributed by atoms with Crippen molar-refractivity contribution in [2.75, 3.05) is 20.2 Å². The molecule has 0 radical (unpaired) electrons. The molecule has 0 saturated carbocycles. The van der Waals surface area contributed by atoms with Crippen LogP contribution < -0.4 is 0 Å². The Morgan fingerprint density at radius 1 is 1.07 bits per heavy atom. The number of benzene rings is 2. The number of esters is 1. The zero-order valence-corrected chi connectivity index (χ0v) is 16.2. The molecule has 5 nitrogen and oxygen atoms in total. The molecule has 1 aliphatic rings. The average Bonchev–Trinajstić information content (AvgIpc) is 3.16. The summed E-state index contributed by atoms with van der Waals surface area (Å²) in [5.41, 5.74) is 0.819. The number of methoxy groups -OCH3 is 1. The molecule has 0 atom stereocenters. The van der Waals surface area contributed by atoms with Gasteiger partial charge in [-0.2, -0.15) is 0 Å². The number of furan rings is 1. The van der Waals surface area contributed by atoms with Crippen LogP contribution in [-0.4, -0.2) is 37.0 Å². The van der Waals surface area contributed by atoms with Crippen molar-refractivity contribution >= 4 is 34.4 Å². The molecule has 1 aliphatic heterocycles. The van der Waals surface area contributed by atoms with Crippen LogP contribution in [0, 0.1) is 0 Å². The Labute approximate surface area is 167 Å². The molecule has 0 N–H and O–H groups in total. The predicted molar refractivity (Wildman–Crippen MR) is 106 cm³/mol. The molecular weight excluding hydrogens is 378 g/mol. The van der Waals surface area contributed by atoms with Crippen molar-refractivity contribution < 1.29 is 18.7 Å². The smallest absolute Gasteiger partial charge is 0.316 e. The van der Waals surface area contributed by atoms with Crippen molar-refractivity contribution in [1.82, 2.24) is 4.90 Å². The third kappa shape index (κ3) is 3.16. The van der Waals surface area contributed by atoms with E-state index >= 15 is 0 Å². The van der Waals surface area contributed by atoms with Crippen molar-refractivity contribution in [2.24, 2.45) is 0 Å². The van der Waals surface area contributed by atoms with Crippen molar-refractivity contribution in [3.05, 3.63) is 70.9 Å². The molecule has 2 heterocycles. The van der Waals surface area contributed by atoms with E-state index in [0.29, 0.717) is 36.5 Å². The number of hydrogen-bond donors (Lipinski definition) is 0. The number of likely N-dealkylation sites (tertiary alicyclic amines) is 1. The van der Waals surface area contributed by atoms with Crippen molar-refractivity contribution in [3.8, 4) is 0 Å². The van der Waals surface area contributed by atoms with E-state index < -0.39 is 5.41 Å². The first-order chi connectivity index (χ1) is 13.5. The summed E-state index contributed by atoms with van der Waals surface area (Å²) in [7, 11) is 1.41. The van der Waals surface area contributed by atoms with E-state index in [4.69, 9.17) is 20.8 Å². The second-order valence-electron chi connectivity index (χ2n) is 7.02. The molecule has 6 heteroatoms. The summed E-state index contributed by atoms with van der Waals surface area (Å²) in [4.78, 5) is 27.3. The van der Waals surface area contributed by atoms with Gasteiger partial charge in [0.05, 0.1) is 12.5 Å². The first-order valence-electron chi connectivity index (χ1n) is 9.16. The lowest BCUT2D eigenvalue weighted by atomic mass is 9.72. The summed E-state index contributed by atoms with van der Waals surface area (Å²) in [6.45, 7) is 0.890. The second-order valence-corrected chi connectivity index (χ2v) is 7.46. The van der Waals surface area contributed by atoms with Gasteiger partial charge < -0.3 is 14.1 Å². The molecule has 0 unspecified atom stereocenters. The van der Waals surface area contributed by atoms with E-state index in [-0.39, 0.29) is 17.6 Å². The third-order valence-electron chi connectivity index (χ3n) is 5.50. The lowest BCUT2D eigenvalue weighted by molar-refractivity contribution is -0.149. The lowest BCUT2D eigenvalue weighted by Crippen LogP contribution is -2.49. The van der Waals surface area contributed by atoms with E-state index in [0.717, 1.165) is 10.9 Å². The lowest BCUT2D eigenvalue weighted by Gasteiger charge is -2.39. The number of hydrogen-bond acceptors (Lipinski definition) is 4. The molecule has 0 spiro atoms. The number of carbonyl (C=O) groups is 2. The van der Waals surface area contributed by atoms with Gasteiger partial charge in [-0.05, 0) is 42.7 Å². The average molecular weight is 398 g/mol. The predicted octanol–water partition coefficient (Wildman–Crippen LogP) is 4.43. The van der Waals surface area contributed by atoms with Gasteiger partial charge in [-0.1, -0.05) is 41.9 Å². The number of halogens is 1. The Morgan fingerprint density at radius 3 is 2.46 bits per heavy atom. The van der Waals surface area contributed by atoms with Crippen LogP contribution in [0.1, 0.15) is 29.0 Å². The number of rotatable bonds is 3. The minimum absolute atomic E-state index is 0.182. The van der Waals surface area contributed by atoms with Crippen LogP contribution in [0.5, 0.6) is 0 Å². The Kier molecular flexibility index (Phi) is 4.85. The molecule has 1 aromatic heterocycles. The maximum Gasteiger partial charge on any atom is 0.316 e. The zero-order chi connectivity index (χ0) is 19.7. The highest BCUT2D eigenvalue weighted by atomic mass is 35.5. The molecule has 0 aliphatic carbocycles. The van der Waals surface area contributed by atoms with Crippen LogP contribution >= 0.6 is 11.6 Å². The molecule has 28 heavy (non-hydrogen) atoms. The van der Waals surface area contributed by atoms with E-state index in [2.05, 4.69) is 0 Å². The monoisotopic (exact) mass is 397 g/mol. The molecule has 0 bridgehead atoms. The number of nitrogens with zero attached hydrogens (tertiary/aromatic N) is 1. The standard InChI is InChI=1S/C22H20ClNO4/c1-27-21(26)22(16-5-3-2-4-6-16)9-11-24(12-10-22)20(25)19-14-15-13-17(23)7-8-18(15)28-19/h2-8,13-14H,9-12H2,1H3. The number of fused-ring (bicyclic) bond motifs is 1. The molecule has 1 amide bonds. The van der Waals surface area contributed by atoms with Gasteiger partial charge in [-0.25, -0.2) is 0 Å². The molecule has 4 rings (SSSR count). The Bertz CT molecular complexity index is 1020. The van der Waals surface area contributed by atoms with Gasteiger partial charge in [0.15, 0.2) is 5.76 Å². The summed E-state index contributed by atoms with van der Waals surface area (Å²) in [6.07, 6.45) is 1.00. The van der Waals surface area contributed by atoms with E-state index in [9.17, 15) is 9.59 Å². The maximum absolute atomic E-state index is 12.9. The Hall–Kier alpha value is -2.79. The summed E-state index contributed by atoms with van der Waals surface area (Å²) in [5, 5.41) is 1.39. The third-order valence-corrected chi connectivity index (χ3v) is 5.73.